The van der Waals surface area contributed by atoms with Gasteiger partial charge >= 0.3 is 6.18 Å². The maximum Gasteiger partial charge on any atom is 0.416 e. The normalized spacial score (nSPS) is 13.3. The molecule has 0 spiro atoms. The van der Waals surface area contributed by atoms with E-state index in [1.165, 1.54) is 17.4 Å². The molecule has 2 aromatic rings. The van der Waals surface area contributed by atoms with E-state index in [1.807, 2.05) is 12.3 Å². The van der Waals surface area contributed by atoms with Crippen molar-refractivity contribution in [3.05, 3.63) is 50.1 Å². The molecule has 2 rings (SSSR count). The minimum Gasteiger partial charge on any atom is -0.377 e. The molecule has 0 saturated heterocycles. The van der Waals surface area contributed by atoms with Gasteiger partial charge in [0.1, 0.15) is 0 Å². The molecule has 1 heterocycles. The third-order valence-electron chi connectivity index (χ3n) is 2.75. The SMILES string of the molecule is CC(Nc1cc(C(F)(F)F)ccc1Cl)c1csc(Cl)c1. The number of hydrogen-bond acceptors (Lipinski definition) is 2. The largest absolute Gasteiger partial charge is 0.416 e. The van der Waals surface area contributed by atoms with Crippen LogP contribution in [0.4, 0.5) is 18.9 Å². The third kappa shape index (κ3) is 3.59. The number of rotatable bonds is 3. The first-order valence-corrected chi connectivity index (χ1v) is 7.28. The van der Waals surface area contributed by atoms with Crippen molar-refractivity contribution in [2.45, 2.75) is 19.1 Å². The Morgan fingerprint density at radius 3 is 2.45 bits per heavy atom. The van der Waals surface area contributed by atoms with Gasteiger partial charge in [0, 0.05) is 6.04 Å². The minimum absolute atomic E-state index is 0.195. The molecule has 0 amide bonds. The van der Waals surface area contributed by atoms with Gasteiger partial charge in [0.25, 0.3) is 0 Å². The Morgan fingerprint density at radius 2 is 1.90 bits per heavy atom. The average molecular weight is 340 g/mol. The molecule has 0 saturated carbocycles. The van der Waals surface area contributed by atoms with Gasteiger partial charge in [-0.3, -0.25) is 0 Å². The predicted octanol–water partition coefficient (Wildman–Crippen LogP) is 6.25. The van der Waals surface area contributed by atoms with E-state index in [-0.39, 0.29) is 16.8 Å². The highest BCUT2D eigenvalue weighted by molar-refractivity contribution is 7.14. The highest BCUT2D eigenvalue weighted by Crippen LogP contribution is 2.35. The zero-order valence-corrected chi connectivity index (χ0v) is 12.6. The van der Waals surface area contributed by atoms with Gasteiger partial charge in [0.05, 0.1) is 20.6 Å². The number of anilines is 1. The lowest BCUT2D eigenvalue weighted by atomic mass is 10.1. The van der Waals surface area contributed by atoms with Crippen molar-refractivity contribution in [3.63, 3.8) is 0 Å². The summed E-state index contributed by atoms with van der Waals surface area (Å²) in [5, 5.41) is 5.06. The molecule has 0 aliphatic heterocycles. The van der Waals surface area contributed by atoms with Crippen LogP contribution in [0.5, 0.6) is 0 Å². The fourth-order valence-electron chi connectivity index (χ4n) is 1.68. The van der Waals surface area contributed by atoms with Crippen molar-refractivity contribution < 1.29 is 13.2 Å². The number of benzene rings is 1. The van der Waals surface area contributed by atoms with Gasteiger partial charge in [0.2, 0.25) is 0 Å². The molecule has 108 valence electrons. The van der Waals surface area contributed by atoms with Crippen LogP contribution in [-0.2, 0) is 6.18 Å². The van der Waals surface area contributed by atoms with Crippen molar-refractivity contribution in [2.75, 3.05) is 5.32 Å². The summed E-state index contributed by atoms with van der Waals surface area (Å²) in [5.74, 6) is 0. The topological polar surface area (TPSA) is 12.0 Å². The molecule has 0 radical (unpaired) electrons. The average Bonchev–Trinajstić information content (AvgIpc) is 2.77. The van der Waals surface area contributed by atoms with Crippen molar-refractivity contribution in [1.29, 1.82) is 0 Å². The lowest BCUT2D eigenvalue weighted by molar-refractivity contribution is -0.137. The van der Waals surface area contributed by atoms with Crippen LogP contribution in [0.1, 0.15) is 24.1 Å². The predicted molar refractivity (Wildman–Crippen MR) is 77.8 cm³/mol. The molecule has 0 fully saturated rings. The van der Waals surface area contributed by atoms with Crippen LogP contribution in [0.2, 0.25) is 9.36 Å². The number of thiophene rings is 1. The summed E-state index contributed by atoms with van der Waals surface area (Å²) in [6, 6.07) is 4.78. The van der Waals surface area contributed by atoms with E-state index < -0.39 is 11.7 Å². The molecule has 1 aromatic heterocycles. The van der Waals surface area contributed by atoms with Gasteiger partial charge in [-0.1, -0.05) is 23.2 Å². The molecule has 0 bridgehead atoms. The van der Waals surface area contributed by atoms with Crippen molar-refractivity contribution >= 4 is 40.2 Å². The Morgan fingerprint density at radius 1 is 1.20 bits per heavy atom. The van der Waals surface area contributed by atoms with Gasteiger partial charge in [-0.25, -0.2) is 0 Å². The Labute approximate surface area is 128 Å². The summed E-state index contributed by atoms with van der Waals surface area (Å²) in [6.07, 6.45) is -4.39. The molecule has 1 N–H and O–H groups in total. The van der Waals surface area contributed by atoms with Gasteiger partial charge in [-0.05, 0) is 42.1 Å². The van der Waals surface area contributed by atoms with E-state index in [2.05, 4.69) is 5.32 Å². The van der Waals surface area contributed by atoms with Crippen LogP contribution < -0.4 is 5.32 Å². The highest BCUT2D eigenvalue weighted by Gasteiger charge is 2.31. The minimum atomic E-state index is -4.39. The van der Waals surface area contributed by atoms with Crippen LogP contribution in [0.15, 0.2) is 29.6 Å². The quantitative estimate of drug-likeness (QED) is 0.697. The molecular formula is C13H10Cl2F3NS. The second-order valence-electron chi connectivity index (χ2n) is 4.24. The maximum atomic E-state index is 12.7. The molecule has 1 atom stereocenters. The van der Waals surface area contributed by atoms with E-state index in [9.17, 15) is 13.2 Å². The highest BCUT2D eigenvalue weighted by atomic mass is 35.5. The van der Waals surface area contributed by atoms with Crippen LogP contribution in [-0.4, -0.2) is 0 Å². The summed E-state index contributed by atoms with van der Waals surface area (Å²) in [4.78, 5) is 0. The van der Waals surface area contributed by atoms with E-state index in [1.54, 1.807) is 6.07 Å². The fraction of sp³-hybridized carbons (Fsp3) is 0.231. The summed E-state index contributed by atoms with van der Waals surface area (Å²) in [6.45, 7) is 1.83. The van der Waals surface area contributed by atoms with E-state index in [0.717, 1.165) is 17.7 Å². The van der Waals surface area contributed by atoms with Gasteiger partial charge in [0.15, 0.2) is 0 Å². The van der Waals surface area contributed by atoms with E-state index in [0.29, 0.717) is 4.34 Å². The number of nitrogens with one attached hydrogen (secondary N) is 1. The Balaban J connectivity index is 2.24. The third-order valence-corrected chi connectivity index (χ3v) is 4.19. The smallest absolute Gasteiger partial charge is 0.377 e. The van der Waals surface area contributed by atoms with E-state index >= 15 is 0 Å². The van der Waals surface area contributed by atoms with Crippen LogP contribution in [0, 0.1) is 0 Å². The summed E-state index contributed by atoms with van der Waals surface area (Å²) in [5.41, 5.74) is 0.407. The number of alkyl halides is 3. The Hall–Kier alpha value is -0.910. The summed E-state index contributed by atoms with van der Waals surface area (Å²) >= 11 is 13.1. The zero-order chi connectivity index (χ0) is 14.9. The monoisotopic (exact) mass is 339 g/mol. The van der Waals surface area contributed by atoms with Crippen molar-refractivity contribution in [2.24, 2.45) is 0 Å². The first-order chi connectivity index (χ1) is 9.27. The number of halogens is 5. The zero-order valence-electron chi connectivity index (χ0n) is 10.3. The first kappa shape index (κ1) is 15.5. The molecule has 1 nitrogen and oxygen atoms in total. The molecule has 20 heavy (non-hydrogen) atoms. The lowest BCUT2D eigenvalue weighted by Gasteiger charge is -2.17. The lowest BCUT2D eigenvalue weighted by Crippen LogP contribution is -2.09. The standard InChI is InChI=1S/C13H10Cl2F3NS/c1-7(8-4-12(15)20-6-8)19-11-5-9(13(16,17)18)2-3-10(11)14/h2-7,19H,1H3. The van der Waals surface area contributed by atoms with Gasteiger partial charge in [-0.15, -0.1) is 11.3 Å². The van der Waals surface area contributed by atoms with Crippen LogP contribution in [0.3, 0.4) is 0 Å². The van der Waals surface area contributed by atoms with Crippen molar-refractivity contribution in [3.8, 4) is 0 Å². The Kier molecular flexibility index (Phi) is 4.52. The van der Waals surface area contributed by atoms with Gasteiger partial charge < -0.3 is 5.32 Å². The van der Waals surface area contributed by atoms with Gasteiger partial charge in [-0.2, -0.15) is 13.2 Å². The summed E-state index contributed by atoms with van der Waals surface area (Å²) < 4.78 is 38.7. The molecule has 7 heteroatoms. The first-order valence-electron chi connectivity index (χ1n) is 5.64. The van der Waals surface area contributed by atoms with Crippen LogP contribution in [0.25, 0.3) is 0 Å². The van der Waals surface area contributed by atoms with Crippen LogP contribution >= 0.6 is 34.5 Å². The summed E-state index contributed by atoms with van der Waals surface area (Å²) in [7, 11) is 0. The second-order valence-corrected chi connectivity index (χ2v) is 6.19. The molecule has 1 aromatic carbocycles. The molecule has 0 aliphatic carbocycles. The molecule has 1 unspecified atom stereocenters. The number of hydrogen-bond donors (Lipinski definition) is 1. The van der Waals surface area contributed by atoms with Crippen molar-refractivity contribution in [1.82, 2.24) is 0 Å². The maximum absolute atomic E-state index is 12.7. The second kappa shape index (κ2) is 5.84. The molecule has 0 aliphatic rings. The fourth-order valence-corrected chi connectivity index (χ4v) is 2.84. The Bertz CT molecular complexity index is 610. The molecular weight excluding hydrogens is 330 g/mol. The van der Waals surface area contributed by atoms with E-state index in [4.69, 9.17) is 23.2 Å².